The summed E-state index contributed by atoms with van der Waals surface area (Å²) in [7, 11) is 1.62. The van der Waals surface area contributed by atoms with Crippen molar-refractivity contribution in [1.82, 2.24) is 15.2 Å². The molecule has 1 heterocycles. The van der Waals surface area contributed by atoms with Gasteiger partial charge in [0.15, 0.2) is 23.1 Å². The molecule has 0 fully saturated rings. The summed E-state index contributed by atoms with van der Waals surface area (Å²) in [6.45, 7) is 2.34. The maximum absolute atomic E-state index is 9.77. The Kier molecular flexibility index (Phi) is 4.14. The lowest BCUT2D eigenvalue weighted by Crippen LogP contribution is -1.92. The molecule has 0 amide bonds. The van der Waals surface area contributed by atoms with E-state index in [9.17, 15) is 5.11 Å². The molecule has 0 bridgehead atoms. The van der Waals surface area contributed by atoms with E-state index >= 15 is 0 Å². The predicted octanol–water partition coefficient (Wildman–Crippen LogP) is 3.25. The van der Waals surface area contributed by atoms with Crippen molar-refractivity contribution in [3.05, 3.63) is 42.5 Å². The van der Waals surface area contributed by atoms with E-state index in [2.05, 4.69) is 15.2 Å². The summed E-state index contributed by atoms with van der Waals surface area (Å²) in [4.78, 5) is 4.50. The summed E-state index contributed by atoms with van der Waals surface area (Å²) >= 11 is 0. The van der Waals surface area contributed by atoms with Crippen LogP contribution in [0.5, 0.6) is 17.2 Å². The number of phenolic OH excluding ortho intramolecular Hbond substituents is 1. The first-order valence-corrected chi connectivity index (χ1v) is 7.24. The number of phenols is 1. The second kappa shape index (κ2) is 6.39. The number of H-pyrrole nitrogens is 1. The van der Waals surface area contributed by atoms with Crippen molar-refractivity contribution in [2.75, 3.05) is 13.7 Å². The smallest absolute Gasteiger partial charge is 0.181 e. The van der Waals surface area contributed by atoms with Crippen LogP contribution in [0.15, 0.2) is 42.5 Å². The molecular formula is C17H17N3O3. The summed E-state index contributed by atoms with van der Waals surface area (Å²) in [6.07, 6.45) is 0. The van der Waals surface area contributed by atoms with Gasteiger partial charge in [0.05, 0.1) is 13.7 Å². The normalized spacial score (nSPS) is 10.5. The number of hydrogen-bond acceptors (Lipinski definition) is 5. The average Bonchev–Trinajstić information content (AvgIpc) is 3.07. The number of aromatic hydroxyl groups is 1. The number of nitrogens with zero attached hydrogens (tertiary/aromatic N) is 2. The zero-order chi connectivity index (χ0) is 16.2. The highest BCUT2D eigenvalue weighted by Crippen LogP contribution is 2.31. The van der Waals surface area contributed by atoms with Gasteiger partial charge in [0.2, 0.25) is 0 Å². The molecule has 0 saturated heterocycles. The van der Waals surface area contributed by atoms with E-state index < -0.39 is 0 Å². The van der Waals surface area contributed by atoms with E-state index in [1.807, 2.05) is 31.2 Å². The minimum atomic E-state index is 0.100. The van der Waals surface area contributed by atoms with E-state index in [1.54, 1.807) is 25.3 Å². The number of ether oxygens (including phenoxy) is 2. The molecule has 2 aromatic carbocycles. The highest BCUT2D eigenvalue weighted by atomic mass is 16.5. The molecule has 0 spiro atoms. The van der Waals surface area contributed by atoms with Crippen LogP contribution in [0.25, 0.3) is 22.8 Å². The van der Waals surface area contributed by atoms with Crippen molar-refractivity contribution in [3.63, 3.8) is 0 Å². The molecule has 0 aliphatic rings. The minimum Gasteiger partial charge on any atom is -0.504 e. The van der Waals surface area contributed by atoms with Gasteiger partial charge in [-0.15, -0.1) is 0 Å². The number of aromatic amines is 1. The lowest BCUT2D eigenvalue weighted by Gasteiger charge is -2.06. The standard InChI is InChI=1S/C17H17N3O3/c1-3-23-15-10-12(7-8-14(15)21)17-18-16(19-20-17)11-5-4-6-13(9-11)22-2/h4-10,21H,3H2,1-2H3,(H,18,19,20). The highest BCUT2D eigenvalue weighted by Gasteiger charge is 2.11. The molecule has 2 N–H and O–H groups in total. The van der Waals surface area contributed by atoms with Gasteiger partial charge in [-0.1, -0.05) is 12.1 Å². The van der Waals surface area contributed by atoms with Crippen molar-refractivity contribution >= 4 is 0 Å². The third-order valence-corrected chi connectivity index (χ3v) is 3.35. The van der Waals surface area contributed by atoms with Gasteiger partial charge in [-0.2, -0.15) is 5.10 Å². The molecule has 118 valence electrons. The van der Waals surface area contributed by atoms with Gasteiger partial charge in [0.25, 0.3) is 0 Å². The lowest BCUT2D eigenvalue weighted by molar-refractivity contribution is 0.318. The number of hydrogen-bond donors (Lipinski definition) is 2. The Labute approximate surface area is 133 Å². The summed E-state index contributed by atoms with van der Waals surface area (Å²) in [5.41, 5.74) is 1.64. The van der Waals surface area contributed by atoms with E-state index in [-0.39, 0.29) is 5.75 Å². The Hall–Kier alpha value is -3.02. The first-order valence-electron chi connectivity index (χ1n) is 7.24. The summed E-state index contributed by atoms with van der Waals surface area (Å²) in [5, 5.41) is 16.9. The second-order valence-corrected chi connectivity index (χ2v) is 4.86. The summed E-state index contributed by atoms with van der Waals surface area (Å²) in [5.74, 6) is 2.44. The van der Waals surface area contributed by atoms with Crippen molar-refractivity contribution in [2.45, 2.75) is 6.92 Å². The number of nitrogens with one attached hydrogen (secondary N) is 1. The van der Waals surface area contributed by atoms with E-state index in [4.69, 9.17) is 9.47 Å². The SMILES string of the molecule is CCOc1cc(-c2nc(-c3cccc(OC)c3)n[nH]2)ccc1O. The van der Waals surface area contributed by atoms with Gasteiger partial charge in [0, 0.05) is 11.1 Å². The Bertz CT molecular complexity index is 814. The van der Waals surface area contributed by atoms with Crippen molar-refractivity contribution in [3.8, 4) is 40.0 Å². The van der Waals surface area contributed by atoms with Gasteiger partial charge in [0.1, 0.15) is 5.75 Å². The van der Waals surface area contributed by atoms with Gasteiger partial charge in [-0.3, -0.25) is 5.10 Å². The van der Waals surface area contributed by atoms with Gasteiger partial charge in [-0.25, -0.2) is 4.98 Å². The Morgan fingerprint density at radius 1 is 1.13 bits per heavy atom. The van der Waals surface area contributed by atoms with Crippen molar-refractivity contribution in [1.29, 1.82) is 0 Å². The zero-order valence-corrected chi connectivity index (χ0v) is 12.9. The first kappa shape index (κ1) is 14.9. The second-order valence-electron chi connectivity index (χ2n) is 4.86. The van der Waals surface area contributed by atoms with Crippen LogP contribution < -0.4 is 9.47 Å². The maximum Gasteiger partial charge on any atom is 0.181 e. The number of methoxy groups -OCH3 is 1. The van der Waals surface area contributed by atoms with Gasteiger partial charge >= 0.3 is 0 Å². The third-order valence-electron chi connectivity index (χ3n) is 3.35. The van der Waals surface area contributed by atoms with Crippen molar-refractivity contribution in [2.24, 2.45) is 0 Å². The molecule has 0 radical (unpaired) electrons. The van der Waals surface area contributed by atoms with Crippen LogP contribution in [0.2, 0.25) is 0 Å². The topological polar surface area (TPSA) is 80.3 Å². The van der Waals surface area contributed by atoms with Crippen molar-refractivity contribution < 1.29 is 14.6 Å². The quantitative estimate of drug-likeness (QED) is 0.756. The third kappa shape index (κ3) is 3.11. The van der Waals surface area contributed by atoms with Crippen LogP contribution in [-0.4, -0.2) is 34.0 Å². The molecule has 0 saturated carbocycles. The number of benzene rings is 2. The van der Waals surface area contributed by atoms with Gasteiger partial charge in [-0.05, 0) is 37.3 Å². The Balaban J connectivity index is 1.94. The number of rotatable bonds is 5. The van der Waals surface area contributed by atoms with Gasteiger partial charge < -0.3 is 14.6 Å². The molecular weight excluding hydrogens is 294 g/mol. The van der Waals surface area contributed by atoms with Crippen LogP contribution in [0.4, 0.5) is 0 Å². The molecule has 0 atom stereocenters. The summed E-state index contributed by atoms with van der Waals surface area (Å²) in [6, 6.07) is 12.6. The molecule has 0 aliphatic heterocycles. The van der Waals surface area contributed by atoms with Crippen LogP contribution in [-0.2, 0) is 0 Å². The molecule has 3 aromatic rings. The monoisotopic (exact) mass is 311 g/mol. The molecule has 6 heteroatoms. The molecule has 1 aromatic heterocycles. The maximum atomic E-state index is 9.77. The van der Waals surface area contributed by atoms with Crippen LogP contribution >= 0.6 is 0 Å². The van der Waals surface area contributed by atoms with Crippen LogP contribution in [0.1, 0.15) is 6.92 Å². The van der Waals surface area contributed by atoms with E-state index in [0.717, 1.165) is 16.9 Å². The Morgan fingerprint density at radius 3 is 2.78 bits per heavy atom. The zero-order valence-electron chi connectivity index (χ0n) is 12.9. The van der Waals surface area contributed by atoms with Crippen LogP contribution in [0.3, 0.4) is 0 Å². The van der Waals surface area contributed by atoms with E-state index in [1.165, 1.54) is 0 Å². The van der Waals surface area contributed by atoms with E-state index in [0.29, 0.717) is 24.0 Å². The van der Waals surface area contributed by atoms with Crippen LogP contribution in [0, 0.1) is 0 Å². The molecule has 3 rings (SSSR count). The minimum absolute atomic E-state index is 0.100. The molecule has 23 heavy (non-hydrogen) atoms. The first-order chi connectivity index (χ1) is 11.2. The fraction of sp³-hybridized carbons (Fsp3) is 0.176. The fourth-order valence-electron chi connectivity index (χ4n) is 2.21. The predicted molar refractivity (Wildman–Crippen MR) is 86.6 cm³/mol. The molecule has 0 aliphatic carbocycles. The largest absolute Gasteiger partial charge is 0.504 e. The average molecular weight is 311 g/mol. The Morgan fingerprint density at radius 2 is 2.00 bits per heavy atom. The number of aromatic nitrogens is 3. The lowest BCUT2D eigenvalue weighted by atomic mass is 10.2. The summed E-state index contributed by atoms with van der Waals surface area (Å²) < 4.78 is 10.6. The highest BCUT2D eigenvalue weighted by molar-refractivity contribution is 5.64. The fourth-order valence-corrected chi connectivity index (χ4v) is 2.21. The molecule has 0 unspecified atom stereocenters. The molecule has 6 nitrogen and oxygen atoms in total.